The van der Waals surface area contributed by atoms with Gasteiger partial charge in [0.05, 0.1) is 4.92 Å². The first-order chi connectivity index (χ1) is 9.90. The number of hydrogen-bond donors (Lipinski definition) is 1. The fourth-order valence-corrected chi connectivity index (χ4v) is 2.11. The minimum absolute atomic E-state index is 0.112. The maximum Gasteiger partial charge on any atom is 0.295 e. The summed E-state index contributed by atoms with van der Waals surface area (Å²) in [6.07, 6.45) is 0. The Morgan fingerprint density at radius 2 is 1.90 bits per heavy atom. The number of nitro benzene ring substituents is 1. The quantitative estimate of drug-likeness (QED) is 0.649. The number of anilines is 1. The highest BCUT2D eigenvalue weighted by atomic mass is 79.9. The molecule has 4 nitrogen and oxygen atoms in total. The maximum absolute atomic E-state index is 13.7. The Hall–Kier alpha value is -2.09. The Morgan fingerprint density at radius 3 is 2.57 bits per heavy atom. The van der Waals surface area contributed by atoms with E-state index in [2.05, 4.69) is 21.2 Å². The van der Waals surface area contributed by atoms with E-state index in [9.17, 15) is 23.3 Å². The molecule has 0 saturated heterocycles. The average molecular weight is 361 g/mol. The second-order valence-corrected chi connectivity index (χ2v) is 4.96. The summed E-state index contributed by atoms with van der Waals surface area (Å²) in [6, 6.07) is 5.39. The highest BCUT2D eigenvalue weighted by Gasteiger charge is 2.21. The van der Waals surface area contributed by atoms with Gasteiger partial charge in [0.2, 0.25) is 0 Å². The summed E-state index contributed by atoms with van der Waals surface area (Å²) in [6.45, 7) is -0.112. The molecule has 0 fully saturated rings. The van der Waals surface area contributed by atoms with Gasteiger partial charge < -0.3 is 5.32 Å². The van der Waals surface area contributed by atoms with Gasteiger partial charge in [-0.25, -0.2) is 13.2 Å². The maximum atomic E-state index is 13.7. The molecule has 1 N–H and O–H groups in total. The second-order valence-electron chi connectivity index (χ2n) is 4.10. The molecular weight excluding hydrogens is 353 g/mol. The summed E-state index contributed by atoms with van der Waals surface area (Å²) in [4.78, 5) is 10.00. The molecule has 2 aromatic carbocycles. The van der Waals surface area contributed by atoms with Crippen LogP contribution >= 0.6 is 15.9 Å². The van der Waals surface area contributed by atoms with Crippen molar-refractivity contribution in [1.82, 2.24) is 0 Å². The number of nitrogens with zero attached hydrogens (tertiary/aromatic N) is 1. The fourth-order valence-electron chi connectivity index (χ4n) is 1.72. The molecule has 0 aliphatic heterocycles. The van der Waals surface area contributed by atoms with Crippen molar-refractivity contribution in [3.05, 3.63) is 67.9 Å². The van der Waals surface area contributed by atoms with Crippen molar-refractivity contribution < 1.29 is 18.1 Å². The lowest BCUT2D eigenvalue weighted by molar-refractivity contribution is -0.384. The SMILES string of the molecule is O=[N+]([O-])c1ccc(F)c(F)c1NCc1cc(F)ccc1Br. The minimum Gasteiger partial charge on any atom is -0.373 e. The van der Waals surface area contributed by atoms with Crippen LogP contribution in [0.15, 0.2) is 34.8 Å². The van der Waals surface area contributed by atoms with Crippen molar-refractivity contribution in [3.63, 3.8) is 0 Å². The zero-order valence-corrected chi connectivity index (χ0v) is 12.0. The summed E-state index contributed by atoms with van der Waals surface area (Å²) in [7, 11) is 0. The summed E-state index contributed by atoms with van der Waals surface area (Å²) in [5.74, 6) is -3.07. The van der Waals surface area contributed by atoms with Crippen LogP contribution in [0.2, 0.25) is 0 Å². The van der Waals surface area contributed by atoms with E-state index in [1.807, 2.05) is 0 Å². The van der Waals surface area contributed by atoms with Gasteiger partial charge in [-0.15, -0.1) is 0 Å². The van der Waals surface area contributed by atoms with Gasteiger partial charge in [0.15, 0.2) is 17.3 Å². The number of hydrogen-bond acceptors (Lipinski definition) is 3. The van der Waals surface area contributed by atoms with Crippen molar-refractivity contribution in [2.24, 2.45) is 0 Å². The van der Waals surface area contributed by atoms with Crippen LogP contribution in [0, 0.1) is 27.6 Å². The van der Waals surface area contributed by atoms with Gasteiger partial charge >= 0.3 is 0 Å². The predicted octanol–water partition coefficient (Wildman–Crippen LogP) is 4.39. The molecule has 0 atom stereocenters. The first kappa shape index (κ1) is 15.3. The van der Waals surface area contributed by atoms with E-state index in [4.69, 9.17) is 0 Å². The smallest absolute Gasteiger partial charge is 0.295 e. The van der Waals surface area contributed by atoms with E-state index in [-0.39, 0.29) is 6.54 Å². The van der Waals surface area contributed by atoms with Gasteiger partial charge in [-0.1, -0.05) is 15.9 Å². The van der Waals surface area contributed by atoms with E-state index < -0.39 is 33.7 Å². The molecule has 0 aromatic heterocycles. The number of nitrogens with one attached hydrogen (secondary N) is 1. The van der Waals surface area contributed by atoms with Crippen molar-refractivity contribution >= 4 is 27.3 Å². The fraction of sp³-hybridized carbons (Fsp3) is 0.0769. The highest BCUT2D eigenvalue weighted by Crippen LogP contribution is 2.30. The molecule has 8 heteroatoms. The molecule has 0 amide bonds. The minimum atomic E-state index is -1.35. The molecule has 0 spiro atoms. The van der Waals surface area contributed by atoms with E-state index in [0.717, 1.165) is 6.07 Å². The Kier molecular flexibility index (Phi) is 4.46. The van der Waals surface area contributed by atoms with E-state index >= 15 is 0 Å². The molecule has 0 radical (unpaired) electrons. The van der Waals surface area contributed by atoms with Crippen LogP contribution in [-0.4, -0.2) is 4.92 Å². The lowest BCUT2D eigenvalue weighted by atomic mass is 10.2. The van der Waals surface area contributed by atoms with Crippen LogP contribution < -0.4 is 5.32 Å². The monoisotopic (exact) mass is 360 g/mol. The van der Waals surface area contributed by atoms with Crippen LogP contribution in [0.4, 0.5) is 24.5 Å². The molecule has 21 heavy (non-hydrogen) atoms. The van der Waals surface area contributed by atoms with Gasteiger partial charge in [0.1, 0.15) is 5.82 Å². The number of halogens is 4. The largest absolute Gasteiger partial charge is 0.373 e. The second kappa shape index (κ2) is 6.13. The van der Waals surface area contributed by atoms with Crippen LogP contribution in [0.3, 0.4) is 0 Å². The third kappa shape index (κ3) is 3.33. The number of rotatable bonds is 4. The predicted molar refractivity (Wildman–Crippen MR) is 74.4 cm³/mol. The lowest BCUT2D eigenvalue weighted by Gasteiger charge is -2.10. The summed E-state index contributed by atoms with van der Waals surface area (Å²) in [5.41, 5.74) is -0.759. The van der Waals surface area contributed by atoms with Gasteiger partial charge in [0.25, 0.3) is 5.69 Å². The van der Waals surface area contributed by atoms with Crippen molar-refractivity contribution in [2.45, 2.75) is 6.54 Å². The molecule has 0 aliphatic rings. The normalized spacial score (nSPS) is 10.5. The van der Waals surface area contributed by atoms with E-state index in [1.54, 1.807) is 0 Å². The molecule has 110 valence electrons. The highest BCUT2D eigenvalue weighted by molar-refractivity contribution is 9.10. The van der Waals surface area contributed by atoms with Gasteiger partial charge in [-0.05, 0) is 29.8 Å². The zero-order chi connectivity index (χ0) is 15.6. The third-order valence-corrected chi connectivity index (χ3v) is 3.51. The van der Waals surface area contributed by atoms with Crippen molar-refractivity contribution in [3.8, 4) is 0 Å². The molecule has 2 aromatic rings. The summed E-state index contributed by atoms with van der Waals surface area (Å²) in [5, 5.41) is 13.3. The summed E-state index contributed by atoms with van der Waals surface area (Å²) < 4.78 is 40.5. The van der Waals surface area contributed by atoms with Gasteiger partial charge in [-0.3, -0.25) is 10.1 Å². The van der Waals surface area contributed by atoms with Crippen LogP contribution in [0.5, 0.6) is 0 Å². The molecule has 0 aliphatic carbocycles. The topological polar surface area (TPSA) is 55.2 Å². The van der Waals surface area contributed by atoms with Gasteiger partial charge in [-0.2, -0.15) is 0 Å². The Morgan fingerprint density at radius 1 is 1.19 bits per heavy atom. The lowest BCUT2D eigenvalue weighted by Crippen LogP contribution is -2.07. The number of nitro groups is 1. The Labute approximate surface area is 125 Å². The molecule has 0 saturated carbocycles. The van der Waals surface area contributed by atoms with Crippen LogP contribution in [-0.2, 0) is 6.54 Å². The van der Waals surface area contributed by atoms with E-state index in [1.165, 1.54) is 18.2 Å². The molecular formula is C13H8BrF3N2O2. The van der Waals surface area contributed by atoms with Crippen molar-refractivity contribution in [1.29, 1.82) is 0 Å². The number of benzene rings is 2. The van der Waals surface area contributed by atoms with E-state index in [0.29, 0.717) is 16.1 Å². The van der Waals surface area contributed by atoms with Crippen LogP contribution in [0.25, 0.3) is 0 Å². The standard InChI is InChI=1S/C13H8BrF3N2O2/c14-9-2-1-8(15)5-7(9)6-18-13-11(19(20)21)4-3-10(16)12(13)17/h1-5,18H,6H2. The van der Waals surface area contributed by atoms with Crippen molar-refractivity contribution in [2.75, 3.05) is 5.32 Å². The zero-order valence-electron chi connectivity index (χ0n) is 10.4. The molecule has 0 heterocycles. The first-order valence-corrected chi connectivity index (χ1v) is 6.49. The third-order valence-electron chi connectivity index (χ3n) is 2.73. The molecule has 0 bridgehead atoms. The van der Waals surface area contributed by atoms with Gasteiger partial charge in [0, 0.05) is 17.1 Å². The Balaban J connectivity index is 2.33. The first-order valence-electron chi connectivity index (χ1n) is 5.70. The summed E-state index contributed by atoms with van der Waals surface area (Å²) >= 11 is 3.18. The average Bonchev–Trinajstić information content (AvgIpc) is 2.43. The molecule has 0 unspecified atom stereocenters. The van der Waals surface area contributed by atoms with Crippen LogP contribution in [0.1, 0.15) is 5.56 Å². The Bertz CT molecular complexity index is 710. The molecule has 2 rings (SSSR count).